The molecule has 4 N–H and O–H groups in total. The van der Waals surface area contributed by atoms with Gasteiger partial charge in [-0.3, -0.25) is 4.79 Å². The molecular weight excluding hydrogens is 202 g/mol. The second-order valence-corrected chi connectivity index (χ2v) is 2.96. The van der Waals surface area contributed by atoms with E-state index in [1.54, 1.807) is 0 Å². The van der Waals surface area contributed by atoms with E-state index >= 15 is 0 Å². The van der Waals surface area contributed by atoms with Gasteiger partial charge in [0.05, 0.1) is 17.1 Å². The van der Waals surface area contributed by atoms with E-state index in [9.17, 15) is 4.79 Å². The van der Waals surface area contributed by atoms with E-state index < -0.39 is 0 Å². The third-order valence-corrected chi connectivity index (χ3v) is 2.01. The Bertz CT molecular complexity index is 423. The van der Waals surface area contributed by atoms with E-state index in [4.69, 9.17) is 28.3 Å². The maximum atomic E-state index is 11.2. The zero-order chi connectivity index (χ0) is 10.7. The Morgan fingerprint density at radius 2 is 2.07 bits per heavy atom. The Labute approximate surface area is 86.1 Å². The molecule has 4 nitrogen and oxygen atoms in total. The van der Waals surface area contributed by atoms with Gasteiger partial charge in [0.15, 0.2) is 5.78 Å². The van der Waals surface area contributed by atoms with E-state index in [1.807, 2.05) is 6.07 Å². The predicted octanol–water partition coefficient (Wildman–Crippen LogP) is 1.14. The van der Waals surface area contributed by atoms with Crippen LogP contribution in [-0.4, -0.2) is 11.7 Å². The molecule has 0 aliphatic carbocycles. The highest BCUT2D eigenvalue weighted by atomic mass is 35.5. The summed E-state index contributed by atoms with van der Waals surface area (Å²) in [5.41, 5.74) is 12.0. The van der Waals surface area contributed by atoms with Crippen molar-refractivity contribution in [2.24, 2.45) is 0 Å². The van der Waals surface area contributed by atoms with Crippen molar-refractivity contribution in [1.29, 1.82) is 5.26 Å². The molecule has 0 bridgehead atoms. The van der Waals surface area contributed by atoms with Crippen molar-refractivity contribution in [1.82, 2.24) is 0 Å². The maximum absolute atomic E-state index is 11.2. The third kappa shape index (κ3) is 1.78. The molecule has 1 rings (SSSR count). The molecule has 0 spiro atoms. The number of alkyl halides is 1. The second-order valence-electron chi connectivity index (χ2n) is 2.70. The van der Waals surface area contributed by atoms with Crippen molar-refractivity contribution in [3.8, 4) is 6.07 Å². The standard InChI is InChI=1S/C9H8ClN3O/c10-3-9(14)6-2-7(12)5(4-11)1-8(6)13/h1-2H,3,12-13H2. The molecular formula is C9H8ClN3O. The van der Waals surface area contributed by atoms with Crippen LogP contribution in [-0.2, 0) is 0 Å². The van der Waals surface area contributed by atoms with Gasteiger partial charge < -0.3 is 11.5 Å². The molecule has 1 aromatic carbocycles. The van der Waals surface area contributed by atoms with Gasteiger partial charge in [0, 0.05) is 11.3 Å². The molecule has 0 radical (unpaired) electrons. The Hall–Kier alpha value is -1.73. The van der Waals surface area contributed by atoms with Gasteiger partial charge in [0.25, 0.3) is 0 Å². The monoisotopic (exact) mass is 209 g/mol. The number of nitriles is 1. The van der Waals surface area contributed by atoms with E-state index in [-0.39, 0.29) is 34.2 Å². The van der Waals surface area contributed by atoms with Crippen LogP contribution in [0.25, 0.3) is 0 Å². The minimum atomic E-state index is -0.305. The minimum absolute atomic E-state index is 0.157. The van der Waals surface area contributed by atoms with Crippen LogP contribution < -0.4 is 11.5 Å². The van der Waals surface area contributed by atoms with Gasteiger partial charge in [-0.05, 0) is 12.1 Å². The molecule has 5 heteroatoms. The Morgan fingerprint density at radius 1 is 1.43 bits per heavy atom. The highest BCUT2D eigenvalue weighted by molar-refractivity contribution is 6.31. The summed E-state index contributed by atoms with van der Waals surface area (Å²) in [7, 11) is 0. The first-order chi connectivity index (χ1) is 6.60. The second kappa shape index (κ2) is 3.99. The smallest absolute Gasteiger partial charge is 0.179 e. The van der Waals surface area contributed by atoms with Crippen LogP contribution in [0.15, 0.2) is 12.1 Å². The van der Waals surface area contributed by atoms with Crippen molar-refractivity contribution in [2.75, 3.05) is 17.3 Å². The molecule has 0 unspecified atom stereocenters. The summed E-state index contributed by atoms with van der Waals surface area (Å²) in [6.07, 6.45) is 0. The summed E-state index contributed by atoms with van der Waals surface area (Å²) in [4.78, 5) is 11.2. The van der Waals surface area contributed by atoms with Crippen LogP contribution in [0.5, 0.6) is 0 Å². The molecule has 0 aromatic heterocycles. The van der Waals surface area contributed by atoms with Crippen molar-refractivity contribution in [2.45, 2.75) is 0 Å². The fourth-order valence-electron chi connectivity index (χ4n) is 1.04. The molecule has 72 valence electrons. The number of anilines is 2. The van der Waals surface area contributed by atoms with E-state index in [0.717, 1.165) is 0 Å². The Kier molecular flexibility index (Phi) is 2.95. The zero-order valence-electron chi connectivity index (χ0n) is 7.25. The molecule has 0 saturated heterocycles. The van der Waals surface area contributed by atoms with Crippen LogP contribution in [0.2, 0.25) is 0 Å². The first kappa shape index (κ1) is 10.4. The number of rotatable bonds is 2. The number of halogens is 1. The van der Waals surface area contributed by atoms with Gasteiger partial charge in [0.2, 0.25) is 0 Å². The summed E-state index contributed by atoms with van der Waals surface area (Å²) >= 11 is 5.37. The lowest BCUT2D eigenvalue weighted by atomic mass is 10.0. The summed E-state index contributed by atoms with van der Waals surface area (Å²) < 4.78 is 0. The minimum Gasteiger partial charge on any atom is -0.398 e. The highest BCUT2D eigenvalue weighted by Crippen LogP contribution is 2.21. The van der Waals surface area contributed by atoms with Crippen LogP contribution >= 0.6 is 11.6 Å². The van der Waals surface area contributed by atoms with Gasteiger partial charge in [-0.2, -0.15) is 5.26 Å². The summed E-state index contributed by atoms with van der Waals surface area (Å²) in [5, 5.41) is 8.63. The molecule has 1 aromatic rings. The van der Waals surface area contributed by atoms with Gasteiger partial charge in [0.1, 0.15) is 6.07 Å². The third-order valence-electron chi connectivity index (χ3n) is 1.76. The molecule has 0 aliphatic heterocycles. The molecule has 0 amide bonds. The number of benzene rings is 1. The molecule has 0 aliphatic rings. The molecule has 14 heavy (non-hydrogen) atoms. The number of carbonyl (C=O) groups excluding carboxylic acids is 1. The lowest BCUT2D eigenvalue weighted by Crippen LogP contribution is -2.07. The van der Waals surface area contributed by atoms with E-state index in [2.05, 4.69) is 0 Å². The number of hydrogen-bond acceptors (Lipinski definition) is 4. The number of ketones is 1. The number of nitrogens with two attached hydrogens (primary N) is 2. The fraction of sp³-hybridized carbons (Fsp3) is 0.111. The van der Waals surface area contributed by atoms with Crippen molar-refractivity contribution >= 4 is 28.8 Å². The van der Waals surface area contributed by atoms with Gasteiger partial charge in [-0.25, -0.2) is 0 Å². The lowest BCUT2D eigenvalue weighted by molar-refractivity contribution is 0.102. The zero-order valence-corrected chi connectivity index (χ0v) is 8.01. The summed E-state index contributed by atoms with van der Waals surface area (Å²) in [6.45, 7) is 0. The van der Waals surface area contributed by atoms with Crippen LogP contribution in [0, 0.1) is 11.3 Å². The maximum Gasteiger partial charge on any atom is 0.179 e. The number of nitrogens with zero attached hydrogens (tertiary/aromatic N) is 1. The van der Waals surface area contributed by atoms with Gasteiger partial charge in [-0.1, -0.05) is 0 Å². The normalized spacial score (nSPS) is 9.43. The highest BCUT2D eigenvalue weighted by Gasteiger charge is 2.11. The SMILES string of the molecule is N#Cc1cc(N)c(C(=O)CCl)cc1N. The average molecular weight is 210 g/mol. The van der Waals surface area contributed by atoms with E-state index in [1.165, 1.54) is 12.1 Å². The van der Waals surface area contributed by atoms with Crippen LogP contribution in [0.1, 0.15) is 15.9 Å². The predicted molar refractivity (Wildman–Crippen MR) is 55.0 cm³/mol. The fourth-order valence-corrected chi connectivity index (χ4v) is 1.19. The first-order valence-corrected chi connectivity index (χ1v) is 4.32. The van der Waals surface area contributed by atoms with Gasteiger partial charge >= 0.3 is 0 Å². The number of nitrogen functional groups attached to an aromatic ring is 2. The molecule has 0 fully saturated rings. The van der Waals surface area contributed by atoms with Gasteiger partial charge in [-0.15, -0.1) is 11.6 Å². The Morgan fingerprint density at radius 3 is 2.57 bits per heavy atom. The molecule has 0 saturated carbocycles. The Balaban J connectivity index is 3.30. The average Bonchev–Trinajstić information content (AvgIpc) is 2.19. The number of carbonyl (C=O) groups is 1. The first-order valence-electron chi connectivity index (χ1n) is 3.78. The topological polar surface area (TPSA) is 92.9 Å². The number of Topliss-reactive ketones (excluding diaryl/α,β-unsaturated/α-hetero) is 1. The lowest BCUT2D eigenvalue weighted by Gasteiger charge is -2.05. The van der Waals surface area contributed by atoms with Crippen molar-refractivity contribution < 1.29 is 4.79 Å². The van der Waals surface area contributed by atoms with Crippen molar-refractivity contribution in [3.05, 3.63) is 23.3 Å². The van der Waals surface area contributed by atoms with Crippen LogP contribution in [0.4, 0.5) is 11.4 Å². The quantitative estimate of drug-likeness (QED) is 0.434. The van der Waals surface area contributed by atoms with E-state index in [0.29, 0.717) is 0 Å². The van der Waals surface area contributed by atoms with Crippen LogP contribution in [0.3, 0.4) is 0 Å². The summed E-state index contributed by atoms with van der Waals surface area (Å²) in [6, 6.07) is 4.61. The molecule has 0 atom stereocenters. The molecule has 0 heterocycles. The summed E-state index contributed by atoms with van der Waals surface area (Å²) in [5.74, 6) is -0.462. The largest absolute Gasteiger partial charge is 0.398 e. The van der Waals surface area contributed by atoms with Crippen molar-refractivity contribution in [3.63, 3.8) is 0 Å². The number of hydrogen-bond donors (Lipinski definition) is 2.